The highest BCUT2D eigenvalue weighted by molar-refractivity contribution is 5.90. The van der Waals surface area contributed by atoms with E-state index in [9.17, 15) is 9.59 Å². The Morgan fingerprint density at radius 1 is 1.38 bits per heavy atom. The number of carboxylic acids is 1. The van der Waals surface area contributed by atoms with Crippen LogP contribution in [0.5, 0.6) is 0 Å². The zero-order valence-electron chi connectivity index (χ0n) is 8.17. The van der Waals surface area contributed by atoms with Crippen LogP contribution in [-0.4, -0.2) is 16.9 Å². The summed E-state index contributed by atoms with van der Waals surface area (Å²) in [4.78, 5) is 21.4. The van der Waals surface area contributed by atoms with Gasteiger partial charge in [-0.1, -0.05) is 18.9 Å². The topological polar surface area (TPSA) is 54.4 Å². The zero-order chi connectivity index (χ0) is 10.3. The van der Waals surface area contributed by atoms with Crippen LogP contribution >= 0.6 is 0 Å². The molecule has 3 nitrogen and oxygen atoms in total. The van der Waals surface area contributed by atoms with E-state index in [1.54, 1.807) is 6.92 Å². The number of rotatable bonds is 6. The second-order valence-corrected chi connectivity index (χ2v) is 3.13. The van der Waals surface area contributed by atoms with Crippen molar-refractivity contribution in [1.29, 1.82) is 0 Å². The van der Waals surface area contributed by atoms with E-state index in [4.69, 9.17) is 5.11 Å². The first-order valence-corrected chi connectivity index (χ1v) is 4.48. The summed E-state index contributed by atoms with van der Waals surface area (Å²) in [6.45, 7) is 3.68. The third-order valence-electron chi connectivity index (χ3n) is 1.61. The molecule has 0 radical (unpaired) electrons. The molecule has 0 aliphatic carbocycles. The Bertz CT molecular complexity index is 216. The molecule has 0 aromatic rings. The molecule has 74 valence electrons. The van der Waals surface area contributed by atoms with Crippen molar-refractivity contribution in [2.75, 3.05) is 0 Å². The minimum Gasteiger partial charge on any atom is -0.481 e. The van der Waals surface area contributed by atoms with Gasteiger partial charge in [-0.3, -0.25) is 9.59 Å². The SMILES string of the molecule is CCCCC(=O)/C=C(/C)CC(=O)O. The number of ketones is 1. The first kappa shape index (κ1) is 11.9. The smallest absolute Gasteiger partial charge is 0.307 e. The third-order valence-corrected chi connectivity index (χ3v) is 1.61. The molecule has 13 heavy (non-hydrogen) atoms. The molecular weight excluding hydrogens is 168 g/mol. The van der Waals surface area contributed by atoms with Gasteiger partial charge in [0.25, 0.3) is 0 Å². The van der Waals surface area contributed by atoms with E-state index in [1.807, 2.05) is 6.92 Å². The van der Waals surface area contributed by atoms with E-state index in [0.29, 0.717) is 12.0 Å². The van der Waals surface area contributed by atoms with Gasteiger partial charge in [0, 0.05) is 6.42 Å². The predicted molar refractivity (Wildman–Crippen MR) is 50.5 cm³/mol. The Balaban J connectivity index is 3.91. The maximum absolute atomic E-state index is 11.1. The summed E-state index contributed by atoms with van der Waals surface area (Å²) in [6, 6.07) is 0. The standard InChI is InChI=1S/C10H16O3/c1-3-4-5-9(11)6-8(2)7-10(12)13/h6H,3-5,7H2,1-2H3,(H,12,13)/b8-6-. The molecule has 1 N–H and O–H groups in total. The van der Waals surface area contributed by atoms with Gasteiger partial charge in [0.1, 0.15) is 0 Å². The van der Waals surface area contributed by atoms with Crippen LogP contribution in [0.25, 0.3) is 0 Å². The summed E-state index contributed by atoms with van der Waals surface area (Å²) >= 11 is 0. The molecule has 0 aliphatic rings. The number of unbranched alkanes of at least 4 members (excludes halogenated alkanes) is 1. The number of carbonyl (C=O) groups excluding carboxylic acids is 1. The summed E-state index contributed by atoms with van der Waals surface area (Å²) in [7, 11) is 0. The first-order valence-electron chi connectivity index (χ1n) is 4.48. The number of carbonyl (C=O) groups is 2. The highest BCUT2D eigenvalue weighted by Crippen LogP contribution is 2.03. The van der Waals surface area contributed by atoms with Crippen molar-refractivity contribution in [2.24, 2.45) is 0 Å². The summed E-state index contributed by atoms with van der Waals surface area (Å²) in [5.74, 6) is -0.863. The summed E-state index contributed by atoms with van der Waals surface area (Å²) in [5, 5.41) is 8.42. The van der Waals surface area contributed by atoms with Crippen LogP contribution < -0.4 is 0 Å². The molecule has 0 fully saturated rings. The van der Waals surface area contributed by atoms with Gasteiger partial charge in [0.2, 0.25) is 0 Å². The summed E-state index contributed by atoms with van der Waals surface area (Å²) < 4.78 is 0. The molecule has 0 bridgehead atoms. The molecule has 0 spiro atoms. The lowest BCUT2D eigenvalue weighted by Gasteiger charge is -1.96. The molecule has 0 atom stereocenters. The Hall–Kier alpha value is -1.12. The van der Waals surface area contributed by atoms with Gasteiger partial charge >= 0.3 is 5.97 Å². The molecular formula is C10H16O3. The van der Waals surface area contributed by atoms with Crippen LogP contribution in [-0.2, 0) is 9.59 Å². The Morgan fingerprint density at radius 2 is 2.00 bits per heavy atom. The van der Waals surface area contributed by atoms with Crippen molar-refractivity contribution in [2.45, 2.75) is 39.5 Å². The van der Waals surface area contributed by atoms with Crippen LogP contribution in [0.2, 0.25) is 0 Å². The molecule has 0 saturated carbocycles. The number of aliphatic carboxylic acids is 1. The van der Waals surface area contributed by atoms with Gasteiger partial charge in [-0.15, -0.1) is 0 Å². The molecule has 0 saturated heterocycles. The lowest BCUT2D eigenvalue weighted by molar-refractivity contribution is -0.136. The number of hydrogen-bond acceptors (Lipinski definition) is 2. The molecule has 0 unspecified atom stereocenters. The van der Waals surface area contributed by atoms with Crippen molar-refractivity contribution in [3.8, 4) is 0 Å². The Kier molecular flexibility index (Phi) is 5.85. The highest BCUT2D eigenvalue weighted by atomic mass is 16.4. The third kappa shape index (κ3) is 7.25. The van der Waals surface area contributed by atoms with Crippen molar-refractivity contribution >= 4 is 11.8 Å². The predicted octanol–water partition coefficient (Wildman–Crippen LogP) is 2.17. The second-order valence-electron chi connectivity index (χ2n) is 3.13. The van der Waals surface area contributed by atoms with Gasteiger partial charge in [0.05, 0.1) is 6.42 Å². The van der Waals surface area contributed by atoms with Crippen LogP contribution in [0.15, 0.2) is 11.6 Å². The van der Waals surface area contributed by atoms with Crippen LogP contribution in [0.3, 0.4) is 0 Å². The minimum absolute atomic E-state index is 0.0283. The van der Waals surface area contributed by atoms with E-state index < -0.39 is 5.97 Å². The molecule has 0 rings (SSSR count). The Labute approximate surface area is 78.5 Å². The lowest BCUT2D eigenvalue weighted by Crippen LogP contribution is -1.98. The average Bonchev–Trinajstić information content (AvgIpc) is 1.98. The zero-order valence-corrected chi connectivity index (χ0v) is 8.17. The van der Waals surface area contributed by atoms with Crippen molar-refractivity contribution in [3.63, 3.8) is 0 Å². The lowest BCUT2D eigenvalue weighted by atomic mass is 10.1. The monoisotopic (exact) mass is 184 g/mol. The van der Waals surface area contributed by atoms with E-state index in [-0.39, 0.29) is 12.2 Å². The molecule has 0 aliphatic heterocycles. The second kappa shape index (κ2) is 6.40. The normalized spacial score (nSPS) is 11.4. The van der Waals surface area contributed by atoms with E-state index in [2.05, 4.69) is 0 Å². The maximum atomic E-state index is 11.1. The first-order chi connectivity index (χ1) is 6.06. The van der Waals surface area contributed by atoms with Gasteiger partial charge in [-0.25, -0.2) is 0 Å². The number of hydrogen-bond donors (Lipinski definition) is 1. The molecule has 0 aromatic heterocycles. The quantitative estimate of drug-likeness (QED) is 0.643. The van der Waals surface area contributed by atoms with E-state index in [1.165, 1.54) is 6.08 Å². The maximum Gasteiger partial charge on any atom is 0.307 e. The molecule has 0 aromatic carbocycles. The number of carboxylic acid groups (broad SMARTS) is 1. The van der Waals surface area contributed by atoms with E-state index >= 15 is 0 Å². The fourth-order valence-electron chi connectivity index (χ4n) is 0.988. The Morgan fingerprint density at radius 3 is 2.46 bits per heavy atom. The molecule has 0 amide bonds. The van der Waals surface area contributed by atoms with Gasteiger partial charge in [-0.2, -0.15) is 0 Å². The largest absolute Gasteiger partial charge is 0.481 e. The fraction of sp³-hybridized carbons (Fsp3) is 0.600. The summed E-state index contributed by atoms with van der Waals surface area (Å²) in [6.07, 6.45) is 3.77. The van der Waals surface area contributed by atoms with Crippen LogP contribution in [0, 0.1) is 0 Å². The summed E-state index contributed by atoms with van der Waals surface area (Å²) in [5.41, 5.74) is 0.619. The van der Waals surface area contributed by atoms with Crippen LogP contribution in [0.1, 0.15) is 39.5 Å². The van der Waals surface area contributed by atoms with Crippen molar-refractivity contribution < 1.29 is 14.7 Å². The average molecular weight is 184 g/mol. The van der Waals surface area contributed by atoms with Crippen molar-refractivity contribution in [3.05, 3.63) is 11.6 Å². The van der Waals surface area contributed by atoms with Gasteiger partial charge in [-0.05, 0) is 19.4 Å². The minimum atomic E-state index is -0.892. The highest BCUT2D eigenvalue weighted by Gasteiger charge is 2.01. The molecule has 0 heterocycles. The molecule has 3 heteroatoms. The number of allylic oxidation sites excluding steroid dienone is 1. The fourth-order valence-corrected chi connectivity index (χ4v) is 0.988. The van der Waals surface area contributed by atoms with E-state index in [0.717, 1.165) is 12.8 Å². The van der Waals surface area contributed by atoms with Crippen molar-refractivity contribution in [1.82, 2.24) is 0 Å². The van der Waals surface area contributed by atoms with Gasteiger partial charge < -0.3 is 5.11 Å². The van der Waals surface area contributed by atoms with Crippen LogP contribution in [0.4, 0.5) is 0 Å². The van der Waals surface area contributed by atoms with Gasteiger partial charge in [0.15, 0.2) is 5.78 Å².